The number of carbonyl (C=O) groups excluding carboxylic acids is 1. The van der Waals surface area contributed by atoms with Gasteiger partial charge < -0.3 is 9.87 Å². The lowest BCUT2D eigenvalue weighted by atomic mass is 9.90. The highest BCUT2D eigenvalue weighted by molar-refractivity contribution is 7.90. The minimum absolute atomic E-state index is 0.153. The summed E-state index contributed by atoms with van der Waals surface area (Å²) >= 11 is 11.7. The van der Waals surface area contributed by atoms with Crippen molar-refractivity contribution in [1.82, 2.24) is 5.32 Å². The van der Waals surface area contributed by atoms with E-state index in [1.54, 1.807) is 18.4 Å². The number of rotatable bonds is 6. The number of fused-ring (bicyclic) bond motifs is 1. The smallest absolute Gasteiger partial charge is 0.251 e. The molecule has 1 aliphatic rings. The van der Waals surface area contributed by atoms with Crippen LogP contribution in [0.2, 0.25) is 10.0 Å². The number of halogens is 2. The van der Waals surface area contributed by atoms with Crippen LogP contribution < -0.4 is 5.32 Å². The van der Waals surface area contributed by atoms with E-state index in [0.29, 0.717) is 27.9 Å². The van der Waals surface area contributed by atoms with Gasteiger partial charge in [0.15, 0.2) is 0 Å². The van der Waals surface area contributed by atoms with E-state index in [2.05, 4.69) is 23.5 Å². The monoisotopic (exact) mass is 471 g/mol. The Kier molecular flexibility index (Phi) is 6.92. The molecule has 1 amide bonds. The minimum atomic E-state index is -0.927. The summed E-state index contributed by atoms with van der Waals surface area (Å²) < 4.78 is 11.2. The molecular weight excluding hydrogens is 449 g/mol. The topological polar surface area (TPSA) is 52.2 Å². The van der Waals surface area contributed by atoms with Crippen molar-refractivity contribution in [2.45, 2.75) is 18.8 Å². The second kappa shape index (κ2) is 9.66. The maximum absolute atomic E-state index is 12.5. The molecule has 0 fully saturated rings. The van der Waals surface area contributed by atoms with Gasteiger partial charge in [0.25, 0.3) is 5.91 Å². The first-order valence-corrected chi connectivity index (χ1v) is 12.7. The van der Waals surface area contributed by atoms with Crippen LogP contribution in [0.3, 0.4) is 0 Å². The Balaban J connectivity index is 1.60. The molecule has 4 rings (SSSR count). The van der Waals surface area contributed by atoms with Crippen LogP contribution in [0.25, 0.3) is 11.1 Å². The van der Waals surface area contributed by atoms with Crippen molar-refractivity contribution in [2.24, 2.45) is 0 Å². The highest BCUT2D eigenvalue weighted by atomic mass is 35.5. The third kappa shape index (κ3) is 5.09. The third-order valence-electron chi connectivity index (χ3n) is 5.69. The number of aryl methyl sites for hydroxylation is 1. The normalized spacial score (nSPS) is 16.1. The third-order valence-corrected chi connectivity index (χ3v) is 7.04. The van der Waals surface area contributed by atoms with Gasteiger partial charge in [0.2, 0.25) is 0 Å². The number of nitrogens with one attached hydrogen (secondary N) is 1. The lowest BCUT2D eigenvalue weighted by Crippen LogP contribution is -2.28. The summed E-state index contributed by atoms with van der Waals surface area (Å²) in [6, 6.07) is 19.8. The van der Waals surface area contributed by atoms with E-state index < -0.39 is 11.2 Å². The van der Waals surface area contributed by atoms with Crippen LogP contribution in [0, 0.1) is 0 Å². The molecule has 2 unspecified atom stereocenters. The second-order valence-corrected chi connectivity index (χ2v) is 10.2. The van der Waals surface area contributed by atoms with Crippen molar-refractivity contribution >= 4 is 40.3 Å². The molecule has 0 saturated carbocycles. The van der Waals surface area contributed by atoms with Gasteiger partial charge in [0, 0.05) is 21.5 Å². The molecule has 0 spiro atoms. The molecule has 160 valence electrons. The van der Waals surface area contributed by atoms with Gasteiger partial charge in [-0.05, 0) is 64.9 Å². The fraction of sp³-hybridized carbons (Fsp3) is 0.240. The molecule has 0 aromatic heterocycles. The zero-order chi connectivity index (χ0) is 22.0. The van der Waals surface area contributed by atoms with Crippen LogP contribution in [0.5, 0.6) is 0 Å². The summed E-state index contributed by atoms with van der Waals surface area (Å²) in [4.78, 5) is 12.5. The van der Waals surface area contributed by atoms with Crippen molar-refractivity contribution in [3.05, 3.63) is 93.0 Å². The summed E-state index contributed by atoms with van der Waals surface area (Å²) in [6.07, 6.45) is 3.66. The highest BCUT2D eigenvalue weighted by Gasteiger charge is 2.26. The summed E-state index contributed by atoms with van der Waals surface area (Å²) in [5, 5.41) is 4.17. The van der Waals surface area contributed by atoms with Gasteiger partial charge in [-0.25, -0.2) is 0 Å². The number of benzene rings is 3. The van der Waals surface area contributed by atoms with E-state index in [9.17, 15) is 9.35 Å². The van der Waals surface area contributed by atoms with Crippen molar-refractivity contribution in [1.29, 1.82) is 0 Å². The van der Waals surface area contributed by atoms with Crippen LogP contribution in [0.4, 0.5) is 0 Å². The minimum Gasteiger partial charge on any atom is -0.617 e. The number of amides is 1. The molecule has 6 heteroatoms. The zero-order valence-corrected chi connectivity index (χ0v) is 19.5. The SMILES string of the molecule is C[S+]([O-])CCNC(=O)c1cccc(-c2ccc3c(c2)C(c2ccc(Cl)cc2Cl)CC3)c1. The van der Waals surface area contributed by atoms with Gasteiger partial charge >= 0.3 is 0 Å². The van der Waals surface area contributed by atoms with Crippen LogP contribution in [0.1, 0.15) is 39.4 Å². The Morgan fingerprint density at radius 3 is 2.65 bits per heavy atom. The van der Waals surface area contributed by atoms with E-state index in [1.165, 1.54) is 11.1 Å². The van der Waals surface area contributed by atoms with E-state index >= 15 is 0 Å². The van der Waals surface area contributed by atoms with Gasteiger partial charge in [-0.2, -0.15) is 0 Å². The van der Waals surface area contributed by atoms with Crippen molar-refractivity contribution in [3.8, 4) is 11.1 Å². The summed E-state index contributed by atoms with van der Waals surface area (Å²) in [5.41, 5.74) is 6.37. The van der Waals surface area contributed by atoms with Crippen LogP contribution >= 0.6 is 23.2 Å². The van der Waals surface area contributed by atoms with Gasteiger partial charge in [-0.15, -0.1) is 0 Å². The molecule has 31 heavy (non-hydrogen) atoms. The molecule has 3 aromatic rings. The summed E-state index contributed by atoms with van der Waals surface area (Å²) in [5.74, 6) is 0.533. The van der Waals surface area contributed by atoms with Crippen molar-refractivity contribution in [3.63, 3.8) is 0 Å². The fourth-order valence-electron chi connectivity index (χ4n) is 4.14. The Bertz CT molecular complexity index is 1120. The average molecular weight is 472 g/mol. The predicted octanol–water partition coefficient (Wildman–Crippen LogP) is 5.85. The Hall–Kier alpha value is -1.98. The molecule has 2 atom stereocenters. The largest absolute Gasteiger partial charge is 0.617 e. The maximum Gasteiger partial charge on any atom is 0.251 e. The van der Waals surface area contributed by atoms with Gasteiger partial charge in [0.1, 0.15) is 5.75 Å². The van der Waals surface area contributed by atoms with Gasteiger partial charge in [-0.1, -0.05) is 70.8 Å². The molecule has 0 saturated heterocycles. The van der Waals surface area contributed by atoms with Gasteiger partial charge in [0.05, 0.1) is 12.8 Å². The van der Waals surface area contributed by atoms with Crippen LogP contribution in [-0.4, -0.2) is 29.0 Å². The molecule has 1 aliphatic carbocycles. The summed E-state index contributed by atoms with van der Waals surface area (Å²) in [7, 11) is 0. The lowest BCUT2D eigenvalue weighted by Gasteiger charge is -2.16. The average Bonchev–Trinajstić information content (AvgIpc) is 3.16. The lowest BCUT2D eigenvalue weighted by molar-refractivity contribution is 0.0956. The first kappa shape index (κ1) is 22.2. The molecule has 1 N–H and O–H groups in total. The second-order valence-electron chi connectivity index (χ2n) is 7.78. The zero-order valence-electron chi connectivity index (χ0n) is 17.2. The van der Waals surface area contributed by atoms with Crippen LogP contribution in [0.15, 0.2) is 60.7 Å². The Morgan fingerprint density at radius 1 is 1.06 bits per heavy atom. The Morgan fingerprint density at radius 2 is 1.87 bits per heavy atom. The first-order valence-electron chi connectivity index (χ1n) is 10.2. The van der Waals surface area contributed by atoms with Crippen LogP contribution in [-0.2, 0) is 17.6 Å². The Labute approximate surface area is 196 Å². The van der Waals surface area contributed by atoms with E-state index in [-0.39, 0.29) is 11.8 Å². The maximum atomic E-state index is 12.5. The quantitative estimate of drug-likeness (QED) is 0.458. The van der Waals surface area contributed by atoms with Crippen molar-refractivity contribution < 1.29 is 9.35 Å². The number of carbonyl (C=O) groups is 1. The van der Waals surface area contributed by atoms with Gasteiger partial charge in [-0.3, -0.25) is 4.79 Å². The molecular formula is C25H23Cl2NO2S. The highest BCUT2D eigenvalue weighted by Crippen LogP contribution is 2.42. The first-order chi connectivity index (χ1) is 14.9. The van der Waals surface area contributed by atoms with Crippen molar-refractivity contribution in [2.75, 3.05) is 18.6 Å². The fourth-order valence-corrected chi connectivity index (χ4v) is 5.07. The molecule has 3 nitrogen and oxygen atoms in total. The van der Waals surface area contributed by atoms with E-state index in [1.807, 2.05) is 30.3 Å². The standard InChI is InChI=1S/C25H23Cl2NO2S/c1-31(30)12-11-28-25(29)19-4-2-3-17(13-19)18-6-5-16-7-9-21(23(16)14-18)22-10-8-20(26)15-24(22)27/h2-6,8,10,13-15,21H,7,9,11-12H2,1H3,(H,28,29). The number of hydrogen-bond donors (Lipinski definition) is 1. The molecule has 0 radical (unpaired) electrons. The predicted molar refractivity (Wildman–Crippen MR) is 130 cm³/mol. The molecule has 0 heterocycles. The van der Waals surface area contributed by atoms with E-state index in [4.69, 9.17) is 23.2 Å². The van der Waals surface area contributed by atoms with E-state index in [0.717, 1.165) is 29.5 Å². The summed E-state index contributed by atoms with van der Waals surface area (Å²) in [6.45, 7) is 0.397. The molecule has 0 bridgehead atoms. The number of hydrogen-bond acceptors (Lipinski definition) is 2. The molecule has 3 aromatic carbocycles. The molecule has 0 aliphatic heterocycles.